The van der Waals surface area contributed by atoms with E-state index in [4.69, 9.17) is 9.40 Å². The van der Waals surface area contributed by atoms with Crippen molar-refractivity contribution in [2.24, 2.45) is 46.3 Å². The summed E-state index contributed by atoms with van der Waals surface area (Å²) in [4.78, 5) is 17.3. The molecule has 1 aromatic carbocycles. The smallest absolute Gasteiger partial charge is 0.346 e. The van der Waals surface area contributed by atoms with Crippen LogP contribution >= 0.6 is 0 Å². The fourth-order valence-electron chi connectivity index (χ4n) is 10.1. The second kappa shape index (κ2) is 9.19. The summed E-state index contributed by atoms with van der Waals surface area (Å²) < 4.78 is 5.63. The number of fused-ring (bicyclic) bond motifs is 6. The van der Waals surface area contributed by atoms with Gasteiger partial charge in [0.1, 0.15) is 0 Å². The van der Waals surface area contributed by atoms with Gasteiger partial charge in [0, 0.05) is 6.42 Å². The van der Waals surface area contributed by atoms with Gasteiger partial charge < -0.3 is 14.6 Å². The van der Waals surface area contributed by atoms with Gasteiger partial charge in [-0.15, -0.1) is 0 Å². The van der Waals surface area contributed by atoms with E-state index in [1.165, 1.54) is 25.7 Å². The van der Waals surface area contributed by atoms with Crippen LogP contribution in [0.25, 0.3) is 10.9 Å². The summed E-state index contributed by atoms with van der Waals surface area (Å²) in [5, 5.41) is 22.4. The van der Waals surface area contributed by atoms with Crippen LogP contribution in [0, 0.1) is 53.3 Å². The van der Waals surface area contributed by atoms with E-state index in [0.717, 1.165) is 43.2 Å². The summed E-state index contributed by atoms with van der Waals surface area (Å²) in [5.74, 6) is 3.72. The van der Waals surface area contributed by atoms with E-state index in [-0.39, 0.29) is 28.7 Å². The zero-order valence-electron chi connectivity index (χ0n) is 23.1. The Balaban J connectivity index is 1.19. The Morgan fingerprint density at radius 2 is 1.81 bits per heavy atom. The number of benzene rings is 1. The molecule has 4 fully saturated rings. The van der Waals surface area contributed by atoms with Crippen molar-refractivity contribution < 1.29 is 14.6 Å². The van der Waals surface area contributed by atoms with E-state index < -0.39 is 0 Å². The van der Waals surface area contributed by atoms with Crippen LogP contribution in [0.15, 0.2) is 27.4 Å². The fourth-order valence-corrected chi connectivity index (χ4v) is 10.1. The predicted octanol–water partition coefficient (Wildman–Crippen LogP) is 6.06. The number of aliphatic hydroxyl groups excluding tert-OH is 2. The lowest BCUT2D eigenvalue weighted by atomic mass is 9.43. The molecule has 1 unspecified atom stereocenters. The third kappa shape index (κ3) is 4.02. The van der Waals surface area contributed by atoms with Crippen molar-refractivity contribution in [1.29, 1.82) is 0 Å². The minimum atomic E-state index is -0.282. The van der Waals surface area contributed by atoms with Gasteiger partial charge in [-0.2, -0.15) is 0 Å². The summed E-state index contributed by atoms with van der Waals surface area (Å²) in [7, 11) is 0. The monoisotopic (exact) mass is 507 g/mol. The number of aromatic nitrogens is 1. The molecule has 6 rings (SSSR count). The summed E-state index contributed by atoms with van der Waals surface area (Å²) in [6.07, 6.45) is 9.92. The summed E-state index contributed by atoms with van der Waals surface area (Å²) in [6.45, 7) is 9.38. The first-order valence-corrected chi connectivity index (χ1v) is 14.9. The number of aliphatic hydroxyl groups is 2. The molecule has 0 aliphatic heterocycles. The average Bonchev–Trinajstić information content (AvgIpc) is 3.21. The normalized spacial score (nSPS) is 42.2. The van der Waals surface area contributed by atoms with Gasteiger partial charge in [0.2, 0.25) is 0 Å². The Kier molecular flexibility index (Phi) is 6.35. The topological polar surface area (TPSA) is 83.6 Å². The minimum absolute atomic E-state index is 0.183. The molecule has 202 valence electrons. The maximum Gasteiger partial charge on any atom is 0.346 e. The summed E-state index contributed by atoms with van der Waals surface area (Å²) in [6, 6.07) is 5.67. The van der Waals surface area contributed by atoms with Gasteiger partial charge in [-0.25, -0.2) is 9.78 Å². The largest absolute Gasteiger partial charge is 0.408 e. The molecule has 0 spiro atoms. The summed E-state index contributed by atoms with van der Waals surface area (Å²) in [5.41, 5.74) is 2.02. The molecule has 4 aliphatic carbocycles. The first kappa shape index (κ1) is 25.6. The molecule has 1 heterocycles. The lowest BCUT2D eigenvalue weighted by Crippen LogP contribution is -2.58. The number of hydrogen-bond acceptors (Lipinski definition) is 5. The number of aryl methyl sites for hydroxylation is 2. The molecular weight excluding hydrogens is 462 g/mol. The molecule has 0 radical (unpaired) electrons. The third-order valence-corrected chi connectivity index (χ3v) is 12.1. The molecular formula is C32H45NO4. The van der Waals surface area contributed by atoms with Crippen molar-refractivity contribution in [2.45, 2.75) is 104 Å². The molecule has 1 aromatic heterocycles. The van der Waals surface area contributed by atoms with Crippen LogP contribution in [-0.4, -0.2) is 27.4 Å². The number of nitrogens with zero attached hydrogens (tertiary/aromatic N) is 1. The maximum atomic E-state index is 12.6. The van der Waals surface area contributed by atoms with Crippen LogP contribution in [0.2, 0.25) is 0 Å². The van der Waals surface area contributed by atoms with Crippen molar-refractivity contribution in [1.82, 2.24) is 4.98 Å². The van der Waals surface area contributed by atoms with Crippen LogP contribution in [-0.2, 0) is 6.42 Å². The molecule has 0 amide bonds. The highest BCUT2D eigenvalue weighted by atomic mass is 16.4. The Hall–Kier alpha value is -1.72. The molecule has 4 saturated carbocycles. The zero-order valence-corrected chi connectivity index (χ0v) is 23.1. The predicted molar refractivity (Wildman–Crippen MR) is 145 cm³/mol. The second-order valence-electron chi connectivity index (χ2n) is 13.8. The van der Waals surface area contributed by atoms with E-state index >= 15 is 0 Å². The van der Waals surface area contributed by atoms with Crippen LogP contribution in [0.1, 0.15) is 90.0 Å². The Morgan fingerprint density at radius 3 is 2.62 bits per heavy atom. The van der Waals surface area contributed by atoms with Gasteiger partial charge in [-0.3, -0.25) is 0 Å². The number of hydrogen-bond donors (Lipinski definition) is 2. The molecule has 5 nitrogen and oxygen atoms in total. The molecule has 37 heavy (non-hydrogen) atoms. The minimum Gasteiger partial charge on any atom is -0.408 e. The van der Waals surface area contributed by atoms with Crippen molar-refractivity contribution in [3.63, 3.8) is 0 Å². The van der Waals surface area contributed by atoms with Crippen molar-refractivity contribution in [3.8, 4) is 0 Å². The van der Waals surface area contributed by atoms with Crippen molar-refractivity contribution >= 4 is 10.9 Å². The Bertz CT molecular complexity index is 1220. The lowest BCUT2D eigenvalue weighted by Gasteiger charge is -2.62. The standard InChI is InChI=1S/C32H45NO4/c1-18(8-11-27-33-29-19(2)6-5-7-22(29)30(36)37-27)23-9-10-24-28-25(13-15-32(23,24)4)31(3)14-12-21(34)16-20(31)17-26(28)35/h5-7,18,20-21,23-26,28,34-35H,8-17H2,1-4H3/t18-,20+,21-,23-,24+,25?,26-,28+,31+,32-/m1/s1. The highest BCUT2D eigenvalue weighted by molar-refractivity contribution is 5.80. The van der Waals surface area contributed by atoms with E-state index in [2.05, 4.69) is 20.8 Å². The second-order valence-corrected chi connectivity index (χ2v) is 13.8. The van der Waals surface area contributed by atoms with Crippen LogP contribution in [0.4, 0.5) is 0 Å². The van der Waals surface area contributed by atoms with Gasteiger partial charge in [-0.1, -0.05) is 32.9 Å². The maximum absolute atomic E-state index is 12.6. The molecule has 5 heteroatoms. The van der Waals surface area contributed by atoms with Crippen LogP contribution in [0.5, 0.6) is 0 Å². The zero-order chi connectivity index (χ0) is 26.1. The Morgan fingerprint density at radius 1 is 1.05 bits per heavy atom. The number of rotatable bonds is 4. The van der Waals surface area contributed by atoms with Gasteiger partial charge in [-0.05, 0) is 123 Å². The highest BCUT2D eigenvalue weighted by Crippen LogP contribution is 2.68. The molecule has 2 N–H and O–H groups in total. The van der Waals surface area contributed by atoms with Gasteiger partial charge in [0.25, 0.3) is 0 Å². The van der Waals surface area contributed by atoms with E-state index in [1.54, 1.807) is 6.07 Å². The average molecular weight is 508 g/mol. The van der Waals surface area contributed by atoms with E-state index in [1.807, 2.05) is 19.1 Å². The molecule has 4 aliphatic rings. The molecule has 0 bridgehead atoms. The molecule has 2 aromatic rings. The van der Waals surface area contributed by atoms with Crippen molar-refractivity contribution in [3.05, 3.63) is 40.1 Å². The molecule has 10 atom stereocenters. The number of para-hydroxylation sites is 1. The van der Waals surface area contributed by atoms with E-state index in [9.17, 15) is 15.0 Å². The Labute approximate surface area is 221 Å². The van der Waals surface area contributed by atoms with Gasteiger partial charge in [0.05, 0.1) is 23.1 Å². The third-order valence-electron chi connectivity index (χ3n) is 12.1. The SMILES string of the molecule is Cc1cccc2c(=O)oc(CC[C@@H](C)[C@H]3CC[C@H]4[C@H]5C(CC[C@]34C)[C@@]3(C)CC[C@@H](O)C[C@H]3C[C@H]5O)nc12. The fraction of sp³-hybridized carbons (Fsp3) is 0.750. The lowest BCUT2D eigenvalue weighted by molar-refractivity contribution is -0.174. The van der Waals surface area contributed by atoms with Gasteiger partial charge in [0.15, 0.2) is 5.89 Å². The molecule has 0 saturated heterocycles. The van der Waals surface area contributed by atoms with Gasteiger partial charge >= 0.3 is 5.63 Å². The summed E-state index contributed by atoms with van der Waals surface area (Å²) >= 11 is 0. The van der Waals surface area contributed by atoms with Crippen LogP contribution in [0.3, 0.4) is 0 Å². The first-order valence-electron chi connectivity index (χ1n) is 14.9. The first-order chi connectivity index (χ1) is 17.6. The highest BCUT2D eigenvalue weighted by Gasteiger charge is 2.62. The quantitative estimate of drug-likeness (QED) is 0.526. The van der Waals surface area contributed by atoms with Crippen molar-refractivity contribution in [2.75, 3.05) is 0 Å². The van der Waals surface area contributed by atoms with Crippen LogP contribution < -0.4 is 5.63 Å². The van der Waals surface area contributed by atoms with E-state index in [0.29, 0.717) is 53.2 Å².